The summed E-state index contributed by atoms with van der Waals surface area (Å²) in [6, 6.07) is 0.484. The maximum Gasteiger partial charge on any atom is 0.240 e. The van der Waals surface area contributed by atoms with Crippen molar-refractivity contribution >= 4 is 22.4 Å². The van der Waals surface area contributed by atoms with Crippen LogP contribution in [0.3, 0.4) is 0 Å². The average molecular weight is 295 g/mol. The predicted molar refractivity (Wildman–Crippen MR) is 79.1 cm³/mol. The number of thiazole rings is 1. The minimum absolute atomic E-state index is 0.0172. The average Bonchev–Trinajstić information content (AvgIpc) is 3.19. The number of nitrogens with zero attached hydrogens (tertiary/aromatic N) is 2. The van der Waals surface area contributed by atoms with E-state index in [1.807, 2.05) is 0 Å². The quantitative estimate of drug-likeness (QED) is 0.833. The molecule has 0 atom stereocenters. The van der Waals surface area contributed by atoms with Gasteiger partial charge in [-0.15, -0.1) is 11.3 Å². The molecular formula is C14H21N3O2S. The van der Waals surface area contributed by atoms with E-state index in [2.05, 4.69) is 15.2 Å². The number of amides is 1. The Morgan fingerprint density at radius 1 is 1.40 bits per heavy atom. The summed E-state index contributed by atoms with van der Waals surface area (Å²) in [5.41, 5.74) is 1.17. The number of aryl methyl sites for hydroxylation is 2. The number of aliphatic hydroxyl groups excluding tert-OH is 1. The summed E-state index contributed by atoms with van der Waals surface area (Å²) < 4.78 is 0. The zero-order valence-electron chi connectivity index (χ0n) is 11.6. The molecule has 1 fully saturated rings. The highest BCUT2D eigenvalue weighted by Crippen LogP contribution is 2.30. The van der Waals surface area contributed by atoms with E-state index in [0.29, 0.717) is 19.1 Å². The third-order valence-corrected chi connectivity index (χ3v) is 4.96. The zero-order valence-corrected chi connectivity index (χ0v) is 12.4. The monoisotopic (exact) mass is 295 g/mol. The van der Waals surface area contributed by atoms with E-state index in [4.69, 9.17) is 5.11 Å². The van der Waals surface area contributed by atoms with Gasteiger partial charge in [-0.2, -0.15) is 0 Å². The van der Waals surface area contributed by atoms with Gasteiger partial charge in [0.05, 0.1) is 18.8 Å². The van der Waals surface area contributed by atoms with Gasteiger partial charge in [-0.05, 0) is 38.5 Å². The Morgan fingerprint density at radius 2 is 2.20 bits per heavy atom. The Morgan fingerprint density at radius 3 is 2.90 bits per heavy atom. The lowest BCUT2D eigenvalue weighted by Crippen LogP contribution is -2.36. The van der Waals surface area contributed by atoms with Crippen molar-refractivity contribution in [3.63, 3.8) is 0 Å². The summed E-state index contributed by atoms with van der Waals surface area (Å²) in [7, 11) is 0. The molecular weight excluding hydrogens is 274 g/mol. The van der Waals surface area contributed by atoms with E-state index in [1.54, 1.807) is 11.3 Å². The normalized spacial score (nSPS) is 18.1. The van der Waals surface area contributed by atoms with Crippen molar-refractivity contribution in [3.05, 3.63) is 10.6 Å². The van der Waals surface area contributed by atoms with Crippen LogP contribution >= 0.6 is 11.3 Å². The Kier molecular flexibility index (Phi) is 4.33. The van der Waals surface area contributed by atoms with E-state index in [1.165, 1.54) is 23.4 Å². The van der Waals surface area contributed by atoms with Crippen LogP contribution in [0.5, 0.6) is 0 Å². The molecule has 0 saturated heterocycles. The van der Waals surface area contributed by atoms with Crippen LogP contribution in [0.1, 0.15) is 36.3 Å². The van der Waals surface area contributed by atoms with Gasteiger partial charge in [0.1, 0.15) is 0 Å². The molecule has 1 amide bonds. The number of hydrogen-bond donors (Lipinski definition) is 2. The topological polar surface area (TPSA) is 65.5 Å². The van der Waals surface area contributed by atoms with Gasteiger partial charge in [-0.3, -0.25) is 9.69 Å². The maximum absolute atomic E-state index is 12.1. The summed E-state index contributed by atoms with van der Waals surface area (Å²) in [6.07, 6.45) is 6.85. The lowest BCUT2D eigenvalue weighted by atomic mass is 10.0. The van der Waals surface area contributed by atoms with Gasteiger partial charge >= 0.3 is 0 Å². The maximum atomic E-state index is 12.1. The number of rotatable bonds is 6. The highest BCUT2D eigenvalue weighted by atomic mass is 32.1. The first-order chi connectivity index (χ1) is 9.76. The molecule has 0 aromatic carbocycles. The summed E-state index contributed by atoms with van der Waals surface area (Å²) in [6.45, 7) is 1.04. The van der Waals surface area contributed by atoms with Crippen LogP contribution < -0.4 is 5.32 Å². The Labute approximate surface area is 123 Å². The van der Waals surface area contributed by atoms with Crippen LogP contribution in [0.4, 0.5) is 5.13 Å². The number of carbonyl (C=O) groups is 1. The fourth-order valence-electron chi connectivity index (χ4n) is 2.71. The third kappa shape index (κ3) is 3.37. The molecule has 0 radical (unpaired) electrons. The van der Waals surface area contributed by atoms with Gasteiger partial charge < -0.3 is 10.4 Å². The van der Waals surface area contributed by atoms with Gasteiger partial charge in [-0.1, -0.05) is 0 Å². The largest absolute Gasteiger partial charge is 0.395 e. The molecule has 5 nitrogen and oxygen atoms in total. The van der Waals surface area contributed by atoms with Gasteiger partial charge in [0.2, 0.25) is 5.91 Å². The standard InChI is InChI=1S/C14H21N3O2S/c18-8-7-17(10-5-6-10)9-13(19)16-14-15-11-3-1-2-4-12(11)20-14/h10,18H,1-9H2,(H,15,16,19). The van der Waals surface area contributed by atoms with Crippen molar-refractivity contribution in [2.75, 3.05) is 25.0 Å². The molecule has 1 heterocycles. The van der Waals surface area contributed by atoms with Crippen molar-refractivity contribution in [2.24, 2.45) is 0 Å². The van der Waals surface area contributed by atoms with Crippen LogP contribution in [0.15, 0.2) is 0 Å². The highest BCUT2D eigenvalue weighted by Gasteiger charge is 2.30. The van der Waals surface area contributed by atoms with Crippen LogP contribution in [-0.2, 0) is 17.6 Å². The van der Waals surface area contributed by atoms with Crippen molar-refractivity contribution < 1.29 is 9.90 Å². The fraction of sp³-hybridized carbons (Fsp3) is 0.714. The van der Waals surface area contributed by atoms with Crippen LogP contribution in [0, 0.1) is 0 Å². The number of nitrogens with one attached hydrogen (secondary N) is 1. The first kappa shape index (κ1) is 14.0. The van der Waals surface area contributed by atoms with Gasteiger partial charge in [0.15, 0.2) is 5.13 Å². The molecule has 0 aliphatic heterocycles. The second-order valence-electron chi connectivity index (χ2n) is 5.57. The molecule has 2 aliphatic carbocycles. The van der Waals surface area contributed by atoms with Gasteiger partial charge in [-0.25, -0.2) is 4.98 Å². The van der Waals surface area contributed by atoms with Crippen LogP contribution in [0.2, 0.25) is 0 Å². The molecule has 0 unspecified atom stereocenters. The molecule has 20 heavy (non-hydrogen) atoms. The molecule has 3 rings (SSSR count). The minimum Gasteiger partial charge on any atom is -0.395 e. The second-order valence-corrected chi connectivity index (χ2v) is 6.65. The Bertz CT molecular complexity index is 461. The predicted octanol–water partition coefficient (Wildman–Crippen LogP) is 1.42. The number of hydrogen-bond acceptors (Lipinski definition) is 5. The van der Waals surface area contributed by atoms with E-state index in [9.17, 15) is 4.79 Å². The van der Waals surface area contributed by atoms with Crippen LogP contribution in [0.25, 0.3) is 0 Å². The number of fused-ring (bicyclic) bond motifs is 1. The summed E-state index contributed by atoms with van der Waals surface area (Å²) in [5, 5.41) is 12.7. The summed E-state index contributed by atoms with van der Waals surface area (Å²) >= 11 is 1.62. The number of aromatic nitrogens is 1. The number of carbonyl (C=O) groups excluding carboxylic acids is 1. The Balaban J connectivity index is 1.56. The second kappa shape index (κ2) is 6.20. The molecule has 2 N–H and O–H groups in total. The van der Waals surface area contributed by atoms with E-state index in [-0.39, 0.29) is 12.5 Å². The van der Waals surface area contributed by atoms with E-state index < -0.39 is 0 Å². The molecule has 0 spiro atoms. The van der Waals surface area contributed by atoms with Crippen molar-refractivity contribution in [2.45, 2.75) is 44.6 Å². The van der Waals surface area contributed by atoms with E-state index >= 15 is 0 Å². The molecule has 110 valence electrons. The first-order valence-electron chi connectivity index (χ1n) is 7.39. The van der Waals surface area contributed by atoms with Crippen LogP contribution in [-0.4, -0.2) is 46.6 Å². The zero-order chi connectivity index (χ0) is 13.9. The molecule has 0 bridgehead atoms. The summed E-state index contributed by atoms with van der Waals surface area (Å²) in [5.74, 6) is -0.0172. The smallest absolute Gasteiger partial charge is 0.240 e. The molecule has 1 saturated carbocycles. The lowest BCUT2D eigenvalue weighted by molar-refractivity contribution is -0.117. The molecule has 6 heteroatoms. The number of aliphatic hydroxyl groups is 1. The van der Waals surface area contributed by atoms with E-state index in [0.717, 1.165) is 30.8 Å². The van der Waals surface area contributed by atoms with Gasteiger partial charge in [0.25, 0.3) is 0 Å². The minimum atomic E-state index is -0.0172. The fourth-order valence-corrected chi connectivity index (χ4v) is 3.77. The summed E-state index contributed by atoms with van der Waals surface area (Å²) in [4.78, 5) is 20.0. The Hall–Kier alpha value is -0.980. The molecule has 2 aliphatic rings. The van der Waals surface area contributed by atoms with Gasteiger partial charge in [0, 0.05) is 17.5 Å². The molecule has 1 aromatic rings. The molecule has 1 aromatic heterocycles. The number of anilines is 1. The van der Waals surface area contributed by atoms with Crippen molar-refractivity contribution in [1.29, 1.82) is 0 Å². The highest BCUT2D eigenvalue weighted by molar-refractivity contribution is 7.15. The third-order valence-electron chi connectivity index (χ3n) is 3.89. The SMILES string of the molecule is O=C(CN(CCO)C1CC1)Nc1nc2c(s1)CCCC2. The lowest BCUT2D eigenvalue weighted by Gasteiger charge is -2.19. The van der Waals surface area contributed by atoms with Crippen molar-refractivity contribution in [1.82, 2.24) is 9.88 Å². The first-order valence-corrected chi connectivity index (χ1v) is 8.21. The van der Waals surface area contributed by atoms with Crippen molar-refractivity contribution in [3.8, 4) is 0 Å².